The molecule has 0 aromatic carbocycles. The standard InChI is InChI=1S/C11H12N4.ClH/c1-2-5-13-11(3-1)15-10-4-6-12-7-9(10)8-14-15;/h1-3,5,8,12H,4,6-7H2;1H. The highest BCUT2D eigenvalue weighted by atomic mass is 35.5. The zero-order chi connectivity index (χ0) is 10.1. The van der Waals surface area contributed by atoms with Gasteiger partial charge in [-0.25, -0.2) is 9.67 Å². The Balaban J connectivity index is 0.000000963. The van der Waals surface area contributed by atoms with Crippen LogP contribution >= 0.6 is 12.4 Å². The molecule has 5 heteroatoms. The molecule has 0 saturated heterocycles. The first-order chi connectivity index (χ1) is 7.45. The first kappa shape index (κ1) is 11.1. The Kier molecular flexibility index (Phi) is 3.22. The predicted molar refractivity (Wildman–Crippen MR) is 64.0 cm³/mol. The SMILES string of the molecule is Cl.c1ccc(-n2ncc3c2CCNC3)nc1. The van der Waals surface area contributed by atoms with Crippen LogP contribution in [-0.2, 0) is 13.0 Å². The number of rotatable bonds is 1. The third kappa shape index (κ3) is 1.81. The molecule has 0 spiro atoms. The molecular weight excluding hydrogens is 224 g/mol. The Morgan fingerprint density at radius 2 is 2.25 bits per heavy atom. The van der Waals surface area contributed by atoms with Gasteiger partial charge in [0.05, 0.1) is 11.9 Å². The molecule has 0 fully saturated rings. The Morgan fingerprint density at radius 3 is 3.06 bits per heavy atom. The van der Waals surface area contributed by atoms with E-state index in [2.05, 4.69) is 15.4 Å². The molecule has 0 saturated carbocycles. The minimum Gasteiger partial charge on any atom is -0.312 e. The molecular formula is C11H13ClN4. The van der Waals surface area contributed by atoms with E-state index in [9.17, 15) is 0 Å². The normalized spacial score (nSPS) is 14.0. The fourth-order valence-electron chi connectivity index (χ4n) is 1.93. The molecule has 2 aromatic rings. The summed E-state index contributed by atoms with van der Waals surface area (Å²) in [6, 6.07) is 5.88. The zero-order valence-corrected chi connectivity index (χ0v) is 9.57. The first-order valence-corrected chi connectivity index (χ1v) is 5.13. The maximum absolute atomic E-state index is 4.38. The molecule has 4 nitrogen and oxygen atoms in total. The quantitative estimate of drug-likeness (QED) is 0.813. The average molecular weight is 237 g/mol. The highest BCUT2D eigenvalue weighted by Gasteiger charge is 2.15. The third-order valence-corrected chi connectivity index (χ3v) is 2.68. The summed E-state index contributed by atoms with van der Waals surface area (Å²) < 4.78 is 1.94. The van der Waals surface area contributed by atoms with E-state index >= 15 is 0 Å². The molecule has 16 heavy (non-hydrogen) atoms. The molecule has 84 valence electrons. The lowest BCUT2D eigenvalue weighted by Crippen LogP contribution is -2.24. The van der Waals surface area contributed by atoms with E-state index < -0.39 is 0 Å². The van der Waals surface area contributed by atoms with Crippen LogP contribution in [0.2, 0.25) is 0 Å². The second kappa shape index (κ2) is 4.63. The smallest absolute Gasteiger partial charge is 0.153 e. The van der Waals surface area contributed by atoms with Gasteiger partial charge in [-0.2, -0.15) is 5.10 Å². The fraction of sp³-hybridized carbons (Fsp3) is 0.273. The molecule has 0 atom stereocenters. The summed E-state index contributed by atoms with van der Waals surface area (Å²) >= 11 is 0. The van der Waals surface area contributed by atoms with Gasteiger partial charge in [-0.3, -0.25) is 0 Å². The molecule has 3 rings (SSSR count). The van der Waals surface area contributed by atoms with Crippen LogP contribution in [0.25, 0.3) is 5.82 Å². The Labute approximate surface area is 100 Å². The molecule has 0 aliphatic carbocycles. The lowest BCUT2D eigenvalue weighted by Gasteiger charge is -2.14. The van der Waals surface area contributed by atoms with Gasteiger partial charge in [0, 0.05) is 31.3 Å². The van der Waals surface area contributed by atoms with Crippen LogP contribution in [0.15, 0.2) is 30.6 Å². The molecule has 3 heterocycles. The predicted octanol–water partition coefficient (Wildman–Crippen LogP) is 1.33. The van der Waals surface area contributed by atoms with Crippen LogP contribution < -0.4 is 5.32 Å². The van der Waals surface area contributed by atoms with Crippen molar-refractivity contribution in [2.24, 2.45) is 0 Å². The van der Waals surface area contributed by atoms with Gasteiger partial charge < -0.3 is 5.32 Å². The van der Waals surface area contributed by atoms with Crippen molar-refractivity contribution in [3.63, 3.8) is 0 Å². The van der Waals surface area contributed by atoms with Crippen molar-refractivity contribution in [2.45, 2.75) is 13.0 Å². The second-order valence-corrected chi connectivity index (χ2v) is 3.64. The molecule has 0 amide bonds. The Morgan fingerprint density at radius 1 is 1.31 bits per heavy atom. The van der Waals surface area contributed by atoms with E-state index in [0.29, 0.717) is 0 Å². The lowest BCUT2D eigenvalue weighted by atomic mass is 10.1. The van der Waals surface area contributed by atoms with Crippen molar-refractivity contribution < 1.29 is 0 Å². The van der Waals surface area contributed by atoms with Gasteiger partial charge in [-0.15, -0.1) is 12.4 Å². The van der Waals surface area contributed by atoms with Crippen LogP contribution in [0.5, 0.6) is 0 Å². The number of pyridine rings is 1. The number of aromatic nitrogens is 3. The van der Waals surface area contributed by atoms with Crippen molar-refractivity contribution in [3.05, 3.63) is 41.9 Å². The number of nitrogens with one attached hydrogen (secondary N) is 1. The Hall–Kier alpha value is -1.39. The van der Waals surface area contributed by atoms with E-state index in [1.165, 1.54) is 11.3 Å². The van der Waals surface area contributed by atoms with Crippen LogP contribution in [0.4, 0.5) is 0 Å². The number of fused-ring (bicyclic) bond motifs is 1. The summed E-state index contributed by atoms with van der Waals surface area (Å²) in [5.74, 6) is 0.903. The van der Waals surface area contributed by atoms with E-state index in [1.807, 2.05) is 29.1 Å². The molecule has 0 unspecified atom stereocenters. The van der Waals surface area contributed by atoms with E-state index in [-0.39, 0.29) is 12.4 Å². The molecule has 1 aliphatic heterocycles. The second-order valence-electron chi connectivity index (χ2n) is 3.64. The molecule has 2 aromatic heterocycles. The van der Waals surface area contributed by atoms with E-state index in [0.717, 1.165) is 25.3 Å². The van der Waals surface area contributed by atoms with Gasteiger partial charge in [-0.05, 0) is 12.1 Å². The molecule has 0 radical (unpaired) electrons. The number of hydrogen-bond acceptors (Lipinski definition) is 3. The van der Waals surface area contributed by atoms with Gasteiger partial charge >= 0.3 is 0 Å². The van der Waals surface area contributed by atoms with Gasteiger partial charge in [-0.1, -0.05) is 6.07 Å². The lowest BCUT2D eigenvalue weighted by molar-refractivity contribution is 0.620. The van der Waals surface area contributed by atoms with Crippen molar-refractivity contribution >= 4 is 12.4 Å². The fourth-order valence-corrected chi connectivity index (χ4v) is 1.93. The average Bonchev–Trinajstić information content (AvgIpc) is 2.74. The summed E-state index contributed by atoms with van der Waals surface area (Å²) in [5.41, 5.74) is 2.57. The van der Waals surface area contributed by atoms with E-state index in [4.69, 9.17) is 0 Å². The molecule has 1 N–H and O–H groups in total. The minimum absolute atomic E-state index is 0. The summed E-state index contributed by atoms with van der Waals surface area (Å²) in [6.45, 7) is 1.94. The zero-order valence-electron chi connectivity index (χ0n) is 8.76. The summed E-state index contributed by atoms with van der Waals surface area (Å²) in [7, 11) is 0. The maximum atomic E-state index is 4.38. The third-order valence-electron chi connectivity index (χ3n) is 2.68. The summed E-state index contributed by atoms with van der Waals surface area (Å²) in [5, 5.41) is 7.71. The van der Waals surface area contributed by atoms with Crippen LogP contribution in [-0.4, -0.2) is 21.3 Å². The largest absolute Gasteiger partial charge is 0.312 e. The highest BCUT2D eigenvalue weighted by molar-refractivity contribution is 5.85. The maximum Gasteiger partial charge on any atom is 0.153 e. The molecule has 1 aliphatic rings. The van der Waals surface area contributed by atoms with Crippen LogP contribution in [0, 0.1) is 0 Å². The van der Waals surface area contributed by atoms with E-state index in [1.54, 1.807) is 6.20 Å². The number of halogens is 1. The monoisotopic (exact) mass is 236 g/mol. The van der Waals surface area contributed by atoms with Crippen LogP contribution in [0.1, 0.15) is 11.3 Å². The summed E-state index contributed by atoms with van der Waals surface area (Å²) in [6.07, 6.45) is 4.74. The van der Waals surface area contributed by atoms with Crippen molar-refractivity contribution in [1.82, 2.24) is 20.1 Å². The van der Waals surface area contributed by atoms with Crippen molar-refractivity contribution in [2.75, 3.05) is 6.54 Å². The molecule has 0 bridgehead atoms. The van der Waals surface area contributed by atoms with Crippen LogP contribution in [0.3, 0.4) is 0 Å². The first-order valence-electron chi connectivity index (χ1n) is 5.13. The minimum atomic E-state index is 0. The van der Waals surface area contributed by atoms with Crippen molar-refractivity contribution in [1.29, 1.82) is 0 Å². The van der Waals surface area contributed by atoms with Gasteiger partial charge in [0.15, 0.2) is 5.82 Å². The Bertz CT molecular complexity index is 466. The van der Waals surface area contributed by atoms with Gasteiger partial charge in [0.25, 0.3) is 0 Å². The van der Waals surface area contributed by atoms with Gasteiger partial charge in [0.2, 0.25) is 0 Å². The number of nitrogens with zero attached hydrogens (tertiary/aromatic N) is 3. The summed E-state index contributed by atoms with van der Waals surface area (Å²) in [4.78, 5) is 4.31. The topological polar surface area (TPSA) is 42.7 Å². The number of hydrogen-bond donors (Lipinski definition) is 1. The highest BCUT2D eigenvalue weighted by Crippen LogP contribution is 2.16. The van der Waals surface area contributed by atoms with Crippen molar-refractivity contribution in [3.8, 4) is 5.82 Å². The van der Waals surface area contributed by atoms with Gasteiger partial charge in [0.1, 0.15) is 0 Å².